The van der Waals surface area contributed by atoms with Crippen LogP contribution in [-0.4, -0.2) is 26.0 Å². The molecule has 0 aliphatic heterocycles. The third-order valence-electron chi connectivity index (χ3n) is 3.20. The van der Waals surface area contributed by atoms with Gasteiger partial charge < -0.3 is 5.11 Å². The highest BCUT2D eigenvalue weighted by Crippen LogP contribution is 2.25. The number of carbonyl (C=O) groups is 1. The molecular weight excluding hydrogens is 266 g/mol. The summed E-state index contributed by atoms with van der Waals surface area (Å²) in [6.45, 7) is 7.13. The number of hydrogen-bond donors (Lipinski definition) is 2. The van der Waals surface area contributed by atoms with Gasteiger partial charge in [-0.25, -0.2) is 13.1 Å². The molecule has 106 valence electrons. The smallest absolute Gasteiger partial charge is 0.304 e. The molecule has 0 radical (unpaired) electrons. The fraction of sp³-hybridized carbons (Fsp3) is 0.462. The van der Waals surface area contributed by atoms with Crippen LogP contribution in [0.4, 0.5) is 0 Å². The summed E-state index contributed by atoms with van der Waals surface area (Å²) in [6, 6.07) is 1.95. The third-order valence-corrected chi connectivity index (χ3v) is 4.93. The highest BCUT2D eigenvalue weighted by atomic mass is 32.2. The lowest BCUT2D eigenvalue weighted by Gasteiger charge is -2.15. The number of benzene rings is 1. The van der Waals surface area contributed by atoms with Crippen LogP contribution in [0.15, 0.2) is 11.0 Å². The predicted molar refractivity (Wildman–Crippen MR) is 72.8 cm³/mol. The molecule has 19 heavy (non-hydrogen) atoms. The monoisotopic (exact) mass is 285 g/mol. The summed E-state index contributed by atoms with van der Waals surface area (Å²) in [4.78, 5) is 10.7. The second-order valence-electron chi connectivity index (χ2n) is 4.63. The van der Waals surface area contributed by atoms with Gasteiger partial charge in [0, 0.05) is 6.54 Å². The van der Waals surface area contributed by atoms with Crippen molar-refractivity contribution < 1.29 is 18.3 Å². The van der Waals surface area contributed by atoms with Crippen LogP contribution in [0.5, 0.6) is 0 Å². The molecule has 0 saturated carbocycles. The van der Waals surface area contributed by atoms with Gasteiger partial charge >= 0.3 is 5.97 Å². The molecular formula is C13H19NO4S. The number of aliphatic carboxylic acids is 1. The molecule has 2 N–H and O–H groups in total. The molecule has 0 bridgehead atoms. The van der Waals surface area contributed by atoms with E-state index in [1.807, 2.05) is 19.9 Å². The van der Waals surface area contributed by atoms with E-state index in [9.17, 15) is 13.2 Å². The first-order valence-electron chi connectivity index (χ1n) is 5.95. The summed E-state index contributed by atoms with van der Waals surface area (Å²) in [6.07, 6.45) is -0.234. The largest absolute Gasteiger partial charge is 0.481 e. The molecule has 0 spiro atoms. The Kier molecular flexibility index (Phi) is 4.70. The van der Waals surface area contributed by atoms with Gasteiger partial charge in [-0.1, -0.05) is 6.07 Å². The van der Waals surface area contributed by atoms with E-state index in [1.165, 1.54) is 0 Å². The number of nitrogens with one attached hydrogen (secondary N) is 1. The van der Waals surface area contributed by atoms with Crippen LogP contribution in [0, 0.1) is 27.7 Å². The molecule has 6 heteroatoms. The molecule has 0 fully saturated rings. The first-order chi connectivity index (χ1) is 8.66. The van der Waals surface area contributed by atoms with E-state index in [1.54, 1.807) is 13.8 Å². The number of sulfonamides is 1. The van der Waals surface area contributed by atoms with Gasteiger partial charge in [0.05, 0.1) is 11.3 Å². The van der Waals surface area contributed by atoms with Gasteiger partial charge in [-0.05, 0) is 49.9 Å². The van der Waals surface area contributed by atoms with Crippen molar-refractivity contribution in [2.75, 3.05) is 6.54 Å². The van der Waals surface area contributed by atoms with Crippen LogP contribution in [-0.2, 0) is 14.8 Å². The Morgan fingerprint density at radius 2 is 1.63 bits per heavy atom. The maximum Gasteiger partial charge on any atom is 0.304 e. The van der Waals surface area contributed by atoms with E-state index in [2.05, 4.69) is 4.72 Å². The van der Waals surface area contributed by atoms with Gasteiger partial charge in [-0.15, -0.1) is 0 Å². The summed E-state index contributed by atoms with van der Waals surface area (Å²) < 4.78 is 26.8. The first-order valence-corrected chi connectivity index (χ1v) is 7.44. The molecule has 5 nitrogen and oxygen atoms in total. The molecule has 0 amide bonds. The lowest BCUT2D eigenvalue weighted by atomic mass is 10.0. The summed E-state index contributed by atoms with van der Waals surface area (Å²) in [5, 5.41) is 8.54. The molecule has 0 aliphatic rings. The van der Waals surface area contributed by atoms with Gasteiger partial charge in [0.15, 0.2) is 0 Å². The van der Waals surface area contributed by atoms with Crippen molar-refractivity contribution in [1.29, 1.82) is 0 Å². The Morgan fingerprint density at radius 3 is 2.05 bits per heavy atom. The van der Waals surface area contributed by atoms with Gasteiger partial charge in [0.2, 0.25) is 10.0 Å². The van der Waals surface area contributed by atoms with Gasteiger partial charge in [0.1, 0.15) is 0 Å². The SMILES string of the molecule is Cc1cc(C)c(C)c(S(=O)(=O)NCCC(=O)O)c1C. The van der Waals surface area contributed by atoms with Crippen molar-refractivity contribution in [2.24, 2.45) is 0 Å². The van der Waals surface area contributed by atoms with Crippen molar-refractivity contribution in [2.45, 2.75) is 39.0 Å². The second kappa shape index (κ2) is 5.71. The quantitative estimate of drug-likeness (QED) is 0.862. The van der Waals surface area contributed by atoms with E-state index in [-0.39, 0.29) is 17.9 Å². The zero-order valence-corrected chi connectivity index (χ0v) is 12.4. The molecule has 0 unspecified atom stereocenters. The Labute approximate surface area is 113 Å². The molecule has 0 aliphatic carbocycles. The molecule has 0 aromatic heterocycles. The lowest BCUT2D eigenvalue weighted by Crippen LogP contribution is -2.28. The fourth-order valence-electron chi connectivity index (χ4n) is 1.95. The molecule has 1 aromatic rings. The first kappa shape index (κ1) is 15.7. The van der Waals surface area contributed by atoms with E-state index < -0.39 is 16.0 Å². The van der Waals surface area contributed by atoms with E-state index in [4.69, 9.17) is 5.11 Å². The number of carboxylic acid groups (broad SMARTS) is 1. The van der Waals surface area contributed by atoms with Crippen molar-refractivity contribution in [3.8, 4) is 0 Å². The zero-order chi connectivity index (χ0) is 14.8. The number of hydrogen-bond acceptors (Lipinski definition) is 3. The van der Waals surface area contributed by atoms with Gasteiger partial charge in [-0.3, -0.25) is 4.79 Å². The van der Waals surface area contributed by atoms with Gasteiger partial charge in [-0.2, -0.15) is 0 Å². The minimum Gasteiger partial charge on any atom is -0.481 e. The van der Waals surface area contributed by atoms with Crippen LogP contribution in [0.1, 0.15) is 28.7 Å². The highest BCUT2D eigenvalue weighted by Gasteiger charge is 2.21. The van der Waals surface area contributed by atoms with E-state index >= 15 is 0 Å². The second-order valence-corrected chi connectivity index (χ2v) is 6.33. The number of carboxylic acids is 1. The summed E-state index contributed by atoms with van der Waals surface area (Å²) in [7, 11) is -3.68. The molecule has 0 saturated heterocycles. The van der Waals surface area contributed by atoms with Gasteiger partial charge in [0.25, 0.3) is 0 Å². The molecule has 0 heterocycles. The van der Waals surface area contributed by atoms with Crippen LogP contribution >= 0.6 is 0 Å². The highest BCUT2D eigenvalue weighted by molar-refractivity contribution is 7.89. The Hall–Kier alpha value is -1.40. The van der Waals surface area contributed by atoms with E-state index in [0.717, 1.165) is 11.1 Å². The predicted octanol–water partition coefficient (Wildman–Crippen LogP) is 1.67. The summed E-state index contributed by atoms with van der Waals surface area (Å²) >= 11 is 0. The van der Waals surface area contributed by atoms with Crippen LogP contribution in [0.25, 0.3) is 0 Å². The minimum absolute atomic E-state index is 0.108. The number of rotatable bonds is 5. The van der Waals surface area contributed by atoms with Crippen LogP contribution in [0.2, 0.25) is 0 Å². The van der Waals surface area contributed by atoms with Crippen LogP contribution in [0.3, 0.4) is 0 Å². The third kappa shape index (κ3) is 3.54. The zero-order valence-electron chi connectivity index (χ0n) is 11.6. The van der Waals surface area contributed by atoms with Crippen LogP contribution < -0.4 is 4.72 Å². The maximum atomic E-state index is 12.3. The maximum absolute atomic E-state index is 12.3. The van der Waals surface area contributed by atoms with Crippen molar-refractivity contribution in [3.05, 3.63) is 28.3 Å². The Balaban J connectivity index is 3.18. The van der Waals surface area contributed by atoms with E-state index in [0.29, 0.717) is 11.1 Å². The lowest BCUT2D eigenvalue weighted by molar-refractivity contribution is -0.136. The minimum atomic E-state index is -3.68. The Bertz CT molecular complexity index is 579. The average molecular weight is 285 g/mol. The topological polar surface area (TPSA) is 83.5 Å². The van der Waals surface area contributed by atoms with Crippen molar-refractivity contribution in [3.63, 3.8) is 0 Å². The van der Waals surface area contributed by atoms with Crippen molar-refractivity contribution >= 4 is 16.0 Å². The summed E-state index contributed by atoms with van der Waals surface area (Å²) in [5.41, 5.74) is 3.21. The fourth-order valence-corrected chi connectivity index (χ4v) is 3.59. The number of aryl methyl sites for hydroxylation is 2. The molecule has 0 atom stereocenters. The molecule has 1 rings (SSSR count). The van der Waals surface area contributed by atoms with Crippen molar-refractivity contribution in [1.82, 2.24) is 4.72 Å². The summed E-state index contributed by atoms with van der Waals surface area (Å²) in [5.74, 6) is -1.03. The molecule has 1 aromatic carbocycles. The normalized spacial score (nSPS) is 11.6. The average Bonchev–Trinajstić information content (AvgIpc) is 2.25. The standard InChI is InChI=1S/C13H19NO4S/c1-8-7-9(2)11(4)13(10(8)3)19(17,18)14-6-5-12(15)16/h7,14H,5-6H2,1-4H3,(H,15,16). The Morgan fingerprint density at radius 1 is 1.16 bits per heavy atom.